The van der Waals surface area contributed by atoms with E-state index in [1.165, 1.54) is 0 Å². The third-order valence-electron chi connectivity index (χ3n) is 2.38. The topological polar surface area (TPSA) is 38.0 Å². The van der Waals surface area contributed by atoms with E-state index in [-0.39, 0.29) is 11.7 Å². The second-order valence-electron chi connectivity index (χ2n) is 3.74. The van der Waals surface area contributed by atoms with E-state index in [1.54, 1.807) is 0 Å². The summed E-state index contributed by atoms with van der Waals surface area (Å²) in [4.78, 5) is 0. The zero-order chi connectivity index (χ0) is 13.1. The summed E-state index contributed by atoms with van der Waals surface area (Å²) in [6, 6.07) is 2.22. The molecule has 1 rings (SSSR count). The Morgan fingerprint density at radius 1 is 1.35 bits per heavy atom. The Labute approximate surface area is 96.8 Å². The predicted molar refractivity (Wildman–Crippen MR) is 58.2 cm³/mol. The van der Waals surface area contributed by atoms with E-state index in [1.807, 2.05) is 6.92 Å². The van der Waals surface area contributed by atoms with Gasteiger partial charge in [-0.1, -0.05) is 6.92 Å². The van der Waals surface area contributed by atoms with Crippen LogP contribution >= 0.6 is 0 Å². The largest absolute Gasteiger partial charge is 0.416 e. The first-order valence-electron chi connectivity index (χ1n) is 5.20. The lowest BCUT2D eigenvalue weighted by atomic mass is 10.1. The number of alkyl halides is 3. The number of anilines is 1. The van der Waals surface area contributed by atoms with E-state index in [0.717, 1.165) is 12.1 Å². The first kappa shape index (κ1) is 13.8. The van der Waals surface area contributed by atoms with Crippen LogP contribution in [0, 0.1) is 5.82 Å². The average molecular weight is 250 g/mol. The van der Waals surface area contributed by atoms with Gasteiger partial charge in [0.15, 0.2) is 0 Å². The van der Waals surface area contributed by atoms with Crippen LogP contribution in [-0.4, -0.2) is 12.6 Å². The molecule has 0 aromatic heterocycles. The number of nitrogens with two attached hydrogens (primary N) is 1. The van der Waals surface area contributed by atoms with Crippen LogP contribution < -0.4 is 11.1 Å². The third-order valence-corrected chi connectivity index (χ3v) is 2.38. The van der Waals surface area contributed by atoms with Crippen LogP contribution in [0.5, 0.6) is 0 Å². The number of halogens is 4. The fourth-order valence-electron chi connectivity index (χ4n) is 1.22. The maximum absolute atomic E-state index is 13.3. The molecule has 6 heteroatoms. The molecule has 3 N–H and O–H groups in total. The van der Waals surface area contributed by atoms with Crippen molar-refractivity contribution in [3.8, 4) is 0 Å². The second kappa shape index (κ2) is 5.35. The third kappa shape index (κ3) is 3.89. The molecule has 0 radical (unpaired) electrons. The normalized spacial score (nSPS) is 13.5. The molecule has 0 aliphatic rings. The molecule has 0 aliphatic carbocycles. The molecular weight excluding hydrogens is 236 g/mol. The van der Waals surface area contributed by atoms with E-state index in [2.05, 4.69) is 5.32 Å². The van der Waals surface area contributed by atoms with Gasteiger partial charge in [-0.15, -0.1) is 0 Å². The molecule has 2 nitrogen and oxygen atoms in total. The van der Waals surface area contributed by atoms with E-state index < -0.39 is 17.6 Å². The fourth-order valence-corrected chi connectivity index (χ4v) is 1.22. The molecular formula is C11H14F4N2. The summed E-state index contributed by atoms with van der Waals surface area (Å²) in [6.45, 7) is 2.19. The quantitative estimate of drug-likeness (QED) is 0.806. The molecule has 1 atom stereocenters. The standard InChI is InChI=1S/C11H14F4N2/c1-2-8(16)6-17-10-4-3-7(5-9(10)12)11(13,14)15/h3-5,8,17H,2,6,16H2,1H3. The van der Waals surface area contributed by atoms with Crippen LogP contribution in [0.2, 0.25) is 0 Å². The van der Waals surface area contributed by atoms with Crippen molar-refractivity contribution >= 4 is 5.69 Å². The monoisotopic (exact) mass is 250 g/mol. The van der Waals surface area contributed by atoms with Crippen LogP contribution in [0.1, 0.15) is 18.9 Å². The lowest BCUT2D eigenvalue weighted by molar-refractivity contribution is -0.137. The Morgan fingerprint density at radius 3 is 2.47 bits per heavy atom. The highest BCUT2D eigenvalue weighted by molar-refractivity contribution is 5.47. The Bertz CT molecular complexity index is 376. The first-order valence-corrected chi connectivity index (χ1v) is 5.20. The van der Waals surface area contributed by atoms with Crippen molar-refractivity contribution in [1.82, 2.24) is 0 Å². The molecule has 0 aliphatic heterocycles. The van der Waals surface area contributed by atoms with E-state index in [4.69, 9.17) is 5.73 Å². The Morgan fingerprint density at radius 2 is 2.00 bits per heavy atom. The summed E-state index contributed by atoms with van der Waals surface area (Å²) in [5.74, 6) is -0.928. The summed E-state index contributed by atoms with van der Waals surface area (Å²) in [5, 5.41) is 2.67. The van der Waals surface area contributed by atoms with Crippen molar-refractivity contribution in [2.24, 2.45) is 5.73 Å². The smallest absolute Gasteiger partial charge is 0.381 e. The van der Waals surface area contributed by atoms with E-state index in [9.17, 15) is 17.6 Å². The van der Waals surface area contributed by atoms with Crippen LogP contribution in [0.25, 0.3) is 0 Å². The van der Waals surface area contributed by atoms with Gasteiger partial charge in [0.1, 0.15) is 5.82 Å². The molecule has 0 heterocycles. The summed E-state index contributed by atoms with van der Waals surface area (Å²) >= 11 is 0. The van der Waals surface area contributed by atoms with Crippen molar-refractivity contribution in [3.63, 3.8) is 0 Å². The van der Waals surface area contributed by atoms with Crippen LogP contribution in [0.4, 0.5) is 23.2 Å². The van der Waals surface area contributed by atoms with Gasteiger partial charge in [-0.05, 0) is 24.6 Å². The van der Waals surface area contributed by atoms with Crippen molar-refractivity contribution < 1.29 is 17.6 Å². The molecule has 0 saturated carbocycles. The summed E-state index contributed by atoms with van der Waals surface area (Å²) < 4.78 is 50.1. The molecule has 0 amide bonds. The average Bonchev–Trinajstić information content (AvgIpc) is 2.25. The second-order valence-corrected chi connectivity index (χ2v) is 3.74. The fraction of sp³-hybridized carbons (Fsp3) is 0.455. The first-order chi connectivity index (χ1) is 7.84. The molecule has 1 aromatic rings. The van der Waals surface area contributed by atoms with Crippen LogP contribution in [-0.2, 0) is 6.18 Å². The molecule has 1 unspecified atom stereocenters. The van der Waals surface area contributed by atoms with Crippen molar-refractivity contribution in [2.45, 2.75) is 25.6 Å². The molecule has 0 saturated heterocycles. The highest BCUT2D eigenvalue weighted by Crippen LogP contribution is 2.31. The minimum Gasteiger partial charge on any atom is -0.381 e. The van der Waals surface area contributed by atoms with Gasteiger partial charge >= 0.3 is 6.18 Å². The van der Waals surface area contributed by atoms with Crippen molar-refractivity contribution in [3.05, 3.63) is 29.6 Å². The van der Waals surface area contributed by atoms with Gasteiger partial charge in [0, 0.05) is 12.6 Å². The summed E-state index contributed by atoms with van der Waals surface area (Å²) in [6.07, 6.45) is -3.82. The molecule has 0 fully saturated rings. The lowest BCUT2D eigenvalue weighted by Gasteiger charge is -2.13. The molecule has 17 heavy (non-hydrogen) atoms. The lowest BCUT2D eigenvalue weighted by Crippen LogP contribution is -2.28. The van der Waals surface area contributed by atoms with Gasteiger partial charge in [0.2, 0.25) is 0 Å². The summed E-state index contributed by atoms with van der Waals surface area (Å²) in [7, 11) is 0. The number of hydrogen-bond acceptors (Lipinski definition) is 2. The van der Waals surface area contributed by atoms with Crippen molar-refractivity contribution in [1.29, 1.82) is 0 Å². The van der Waals surface area contributed by atoms with Crippen LogP contribution in [0.15, 0.2) is 18.2 Å². The van der Waals surface area contributed by atoms with Gasteiger partial charge in [0.05, 0.1) is 11.3 Å². The van der Waals surface area contributed by atoms with Crippen LogP contribution in [0.3, 0.4) is 0 Å². The van der Waals surface area contributed by atoms with E-state index >= 15 is 0 Å². The Hall–Kier alpha value is -1.30. The Kier molecular flexibility index (Phi) is 4.34. The number of hydrogen-bond donors (Lipinski definition) is 2. The van der Waals surface area contributed by atoms with Gasteiger partial charge in [0.25, 0.3) is 0 Å². The SMILES string of the molecule is CCC(N)CNc1ccc(C(F)(F)F)cc1F. The zero-order valence-electron chi connectivity index (χ0n) is 9.31. The minimum atomic E-state index is -4.53. The summed E-state index contributed by atoms with van der Waals surface area (Å²) in [5.41, 5.74) is 4.63. The molecule has 0 bridgehead atoms. The molecule has 96 valence electrons. The molecule has 0 spiro atoms. The van der Waals surface area contributed by atoms with Gasteiger partial charge in [-0.25, -0.2) is 4.39 Å². The highest BCUT2D eigenvalue weighted by Gasteiger charge is 2.31. The van der Waals surface area contributed by atoms with Gasteiger partial charge in [-0.3, -0.25) is 0 Å². The van der Waals surface area contributed by atoms with Gasteiger partial charge < -0.3 is 11.1 Å². The minimum absolute atomic E-state index is 0.0295. The van der Waals surface area contributed by atoms with Gasteiger partial charge in [-0.2, -0.15) is 13.2 Å². The van der Waals surface area contributed by atoms with Crippen molar-refractivity contribution in [2.75, 3.05) is 11.9 Å². The molecule has 1 aromatic carbocycles. The predicted octanol–water partition coefficient (Wildman–Crippen LogP) is 2.99. The Balaban J connectivity index is 2.77. The maximum atomic E-state index is 13.3. The maximum Gasteiger partial charge on any atom is 0.416 e. The number of nitrogens with one attached hydrogen (secondary N) is 1. The number of rotatable bonds is 4. The van der Waals surface area contributed by atoms with E-state index in [0.29, 0.717) is 19.0 Å². The highest BCUT2D eigenvalue weighted by atomic mass is 19.4. The zero-order valence-corrected chi connectivity index (χ0v) is 9.31. The number of benzene rings is 1.